The van der Waals surface area contributed by atoms with E-state index < -0.39 is 0 Å². The number of anilines is 1. The molecule has 1 heterocycles. The van der Waals surface area contributed by atoms with E-state index in [1.54, 1.807) is 11.8 Å². The van der Waals surface area contributed by atoms with E-state index in [0.717, 1.165) is 28.4 Å². The van der Waals surface area contributed by atoms with Crippen molar-refractivity contribution in [3.63, 3.8) is 0 Å². The number of rotatable bonds is 3. The van der Waals surface area contributed by atoms with Crippen LogP contribution in [0.25, 0.3) is 0 Å². The Labute approximate surface area is 108 Å². The molecule has 1 aromatic carbocycles. The predicted octanol–water partition coefficient (Wildman–Crippen LogP) is 3.66. The average molecular weight is 246 g/mol. The highest BCUT2D eigenvalue weighted by Gasteiger charge is 2.23. The van der Waals surface area contributed by atoms with Crippen molar-refractivity contribution in [1.29, 1.82) is 5.26 Å². The third-order valence-corrected chi connectivity index (χ3v) is 4.22. The van der Waals surface area contributed by atoms with Gasteiger partial charge in [-0.1, -0.05) is 13.0 Å². The molecule has 2 rings (SSSR count). The van der Waals surface area contributed by atoms with Gasteiger partial charge in [0.05, 0.1) is 11.3 Å². The molecule has 0 bridgehead atoms. The van der Waals surface area contributed by atoms with Crippen LogP contribution in [-0.2, 0) is 0 Å². The maximum absolute atomic E-state index is 9.38. The largest absolute Gasteiger partial charge is 0.368 e. The quantitative estimate of drug-likeness (QED) is 0.762. The third kappa shape index (κ3) is 2.42. The second-order valence-electron chi connectivity index (χ2n) is 4.38. The first kappa shape index (κ1) is 12.3. The molecule has 3 heteroatoms. The molecule has 0 saturated carbocycles. The van der Waals surface area contributed by atoms with Gasteiger partial charge in [-0.25, -0.2) is 0 Å². The molecule has 1 atom stereocenters. The van der Waals surface area contributed by atoms with Crippen LogP contribution in [0.5, 0.6) is 0 Å². The van der Waals surface area contributed by atoms with Gasteiger partial charge in [0, 0.05) is 17.5 Å². The molecule has 1 unspecified atom stereocenters. The van der Waals surface area contributed by atoms with Gasteiger partial charge in [0.1, 0.15) is 6.07 Å². The minimum atomic E-state index is 0.559. The van der Waals surface area contributed by atoms with E-state index in [-0.39, 0.29) is 0 Å². The van der Waals surface area contributed by atoms with E-state index in [4.69, 9.17) is 0 Å². The fourth-order valence-electron chi connectivity index (χ4n) is 2.44. The van der Waals surface area contributed by atoms with Crippen molar-refractivity contribution < 1.29 is 0 Å². The SMILES string of the molecule is CCSc1cccc(N2CCCC2C)c1C#N. The van der Waals surface area contributed by atoms with Gasteiger partial charge in [-0.2, -0.15) is 5.26 Å². The Bertz CT molecular complexity index is 436. The monoisotopic (exact) mass is 246 g/mol. The lowest BCUT2D eigenvalue weighted by Crippen LogP contribution is -2.27. The van der Waals surface area contributed by atoms with Gasteiger partial charge in [0.15, 0.2) is 0 Å². The topological polar surface area (TPSA) is 27.0 Å². The van der Waals surface area contributed by atoms with Crippen LogP contribution in [-0.4, -0.2) is 18.3 Å². The summed E-state index contributed by atoms with van der Waals surface area (Å²) in [5.74, 6) is 1.01. The molecule has 2 nitrogen and oxygen atoms in total. The molecule has 0 aliphatic carbocycles. The molecule has 0 N–H and O–H groups in total. The maximum atomic E-state index is 9.38. The van der Waals surface area contributed by atoms with E-state index in [1.807, 2.05) is 0 Å². The number of hydrogen-bond acceptors (Lipinski definition) is 3. The van der Waals surface area contributed by atoms with Crippen molar-refractivity contribution >= 4 is 17.4 Å². The standard InChI is InChI=1S/C14H18N2S/c1-3-17-14-8-4-7-13(12(14)10-15)16-9-5-6-11(16)2/h4,7-8,11H,3,5-6,9H2,1-2H3. The highest BCUT2D eigenvalue weighted by Crippen LogP contribution is 2.33. The highest BCUT2D eigenvalue weighted by atomic mass is 32.2. The lowest BCUT2D eigenvalue weighted by atomic mass is 10.1. The first-order valence-corrected chi connectivity index (χ1v) is 7.19. The normalized spacial score (nSPS) is 19.4. The first-order valence-electron chi connectivity index (χ1n) is 6.20. The Morgan fingerprint density at radius 2 is 2.35 bits per heavy atom. The van der Waals surface area contributed by atoms with E-state index in [2.05, 4.69) is 43.0 Å². The summed E-state index contributed by atoms with van der Waals surface area (Å²) in [5, 5.41) is 9.38. The van der Waals surface area contributed by atoms with E-state index in [1.165, 1.54) is 12.8 Å². The van der Waals surface area contributed by atoms with E-state index in [0.29, 0.717) is 6.04 Å². The number of hydrogen-bond donors (Lipinski definition) is 0. The van der Waals surface area contributed by atoms with Crippen LogP contribution in [0, 0.1) is 11.3 Å². The molecule has 1 aromatic rings. The summed E-state index contributed by atoms with van der Waals surface area (Å²) in [6.07, 6.45) is 2.47. The molecule has 0 amide bonds. The molecule has 17 heavy (non-hydrogen) atoms. The zero-order chi connectivity index (χ0) is 12.3. The lowest BCUT2D eigenvalue weighted by molar-refractivity contribution is 0.733. The second-order valence-corrected chi connectivity index (χ2v) is 5.69. The van der Waals surface area contributed by atoms with Gasteiger partial charge in [-0.05, 0) is 37.7 Å². The lowest BCUT2D eigenvalue weighted by Gasteiger charge is -2.25. The van der Waals surface area contributed by atoms with Crippen LogP contribution in [0.1, 0.15) is 32.3 Å². The Hall–Kier alpha value is -1.14. The highest BCUT2D eigenvalue weighted by molar-refractivity contribution is 7.99. The third-order valence-electron chi connectivity index (χ3n) is 3.28. The number of nitrogens with zero attached hydrogens (tertiary/aromatic N) is 2. The smallest absolute Gasteiger partial charge is 0.103 e. The Kier molecular flexibility index (Phi) is 3.96. The summed E-state index contributed by atoms with van der Waals surface area (Å²) < 4.78 is 0. The van der Waals surface area contributed by atoms with Gasteiger partial charge >= 0.3 is 0 Å². The van der Waals surface area contributed by atoms with Crippen molar-refractivity contribution in [2.24, 2.45) is 0 Å². The van der Waals surface area contributed by atoms with Crippen molar-refractivity contribution in [3.8, 4) is 6.07 Å². The average Bonchev–Trinajstić information content (AvgIpc) is 2.75. The maximum Gasteiger partial charge on any atom is 0.103 e. The molecule has 0 radical (unpaired) electrons. The summed E-state index contributed by atoms with van der Waals surface area (Å²) in [6.45, 7) is 5.45. The van der Waals surface area contributed by atoms with Gasteiger partial charge in [0.25, 0.3) is 0 Å². The molecule has 1 aliphatic heterocycles. The van der Waals surface area contributed by atoms with Gasteiger partial charge in [0.2, 0.25) is 0 Å². The van der Waals surface area contributed by atoms with E-state index in [9.17, 15) is 5.26 Å². The van der Waals surface area contributed by atoms with Crippen LogP contribution < -0.4 is 4.90 Å². The van der Waals surface area contributed by atoms with Crippen molar-refractivity contribution in [2.75, 3.05) is 17.2 Å². The zero-order valence-electron chi connectivity index (χ0n) is 10.4. The van der Waals surface area contributed by atoms with Gasteiger partial charge in [-0.15, -0.1) is 11.8 Å². The number of benzene rings is 1. The van der Waals surface area contributed by atoms with E-state index >= 15 is 0 Å². The molecule has 1 aliphatic rings. The van der Waals surface area contributed by atoms with Crippen molar-refractivity contribution in [3.05, 3.63) is 23.8 Å². The predicted molar refractivity (Wildman–Crippen MR) is 73.6 cm³/mol. The molecule has 1 saturated heterocycles. The van der Waals surface area contributed by atoms with Crippen molar-refractivity contribution in [2.45, 2.75) is 37.6 Å². The first-order chi connectivity index (χ1) is 8.27. The summed E-state index contributed by atoms with van der Waals surface area (Å²) in [5.41, 5.74) is 1.98. The zero-order valence-corrected chi connectivity index (χ0v) is 11.3. The van der Waals surface area contributed by atoms with Crippen molar-refractivity contribution in [1.82, 2.24) is 0 Å². The van der Waals surface area contributed by atoms with Crippen LogP contribution in [0.2, 0.25) is 0 Å². The minimum absolute atomic E-state index is 0.559. The Morgan fingerprint density at radius 3 is 2.94 bits per heavy atom. The van der Waals surface area contributed by atoms with Gasteiger partial charge < -0.3 is 4.90 Å². The second kappa shape index (κ2) is 5.46. The summed E-state index contributed by atoms with van der Waals surface area (Å²) in [7, 11) is 0. The number of thioether (sulfide) groups is 1. The molecule has 1 fully saturated rings. The van der Waals surface area contributed by atoms with Crippen LogP contribution in [0.3, 0.4) is 0 Å². The van der Waals surface area contributed by atoms with Gasteiger partial charge in [-0.3, -0.25) is 0 Å². The summed E-state index contributed by atoms with van der Waals surface area (Å²) in [4.78, 5) is 3.49. The molecular weight excluding hydrogens is 228 g/mol. The molecule has 0 spiro atoms. The number of nitriles is 1. The summed E-state index contributed by atoms with van der Waals surface area (Å²) >= 11 is 1.75. The fourth-order valence-corrected chi connectivity index (χ4v) is 3.22. The van der Waals surface area contributed by atoms with Crippen LogP contribution in [0.4, 0.5) is 5.69 Å². The Balaban J connectivity index is 2.40. The Morgan fingerprint density at radius 1 is 1.53 bits per heavy atom. The van der Waals surface area contributed by atoms with Crippen LogP contribution >= 0.6 is 11.8 Å². The molecule has 90 valence electrons. The summed E-state index contributed by atoms with van der Waals surface area (Å²) in [6, 6.07) is 9.15. The molecular formula is C14H18N2S. The fraction of sp³-hybridized carbons (Fsp3) is 0.500. The molecule has 0 aromatic heterocycles. The minimum Gasteiger partial charge on any atom is -0.368 e. The van der Waals surface area contributed by atoms with Crippen LogP contribution in [0.15, 0.2) is 23.1 Å².